The summed E-state index contributed by atoms with van der Waals surface area (Å²) in [5.41, 5.74) is 0.634. The third kappa shape index (κ3) is 5.47. The fourth-order valence-corrected chi connectivity index (χ4v) is 3.18. The first-order valence-electron chi connectivity index (χ1n) is 9.34. The predicted octanol–water partition coefficient (Wildman–Crippen LogP) is 3.17. The number of thiophene rings is 1. The molecule has 0 bridgehead atoms. The van der Waals surface area contributed by atoms with E-state index in [4.69, 9.17) is 0 Å². The van der Waals surface area contributed by atoms with Crippen LogP contribution in [0.5, 0.6) is 0 Å². The first-order valence-corrected chi connectivity index (χ1v) is 10.2. The van der Waals surface area contributed by atoms with Crippen LogP contribution in [0.25, 0.3) is 5.95 Å². The Kier molecular flexibility index (Phi) is 6.38. The van der Waals surface area contributed by atoms with E-state index in [2.05, 4.69) is 25.7 Å². The van der Waals surface area contributed by atoms with Gasteiger partial charge >= 0.3 is 0 Å². The minimum atomic E-state index is -0.189. The summed E-state index contributed by atoms with van der Waals surface area (Å²) in [6.45, 7) is 6.58. The lowest BCUT2D eigenvalue weighted by Crippen LogP contribution is -2.25. The molecular formula is C20H24N6O2S. The molecular weight excluding hydrogens is 388 g/mol. The molecule has 0 aliphatic heterocycles. The average Bonchev–Trinajstić information content (AvgIpc) is 3.35. The third-order valence-corrected chi connectivity index (χ3v) is 4.97. The second kappa shape index (κ2) is 8.95. The van der Waals surface area contributed by atoms with E-state index in [1.807, 2.05) is 38.3 Å². The van der Waals surface area contributed by atoms with Crippen molar-refractivity contribution in [2.24, 2.45) is 0 Å². The zero-order valence-electron chi connectivity index (χ0n) is 16.7. The lowest BCUT2D eigenvalue weighted by Gasteiger charge is -2.13. The molecule has 152 valence electrons. The maximum absolute atomic E-state index is 12.4. The lowest BCUT2D eigenvalue weighted by molar-refractivity contribution is -0.116. The summed E-state index contributed by atoms with van der Waals surface area (Å²) in [6, 6.07) is 7.16. The zero-order chi connectivity index (χ0) is 20.9. The van der Waals surface area contributed by atoms with Gasteiger partial charge in [0.1, 0.15) is 5.82 Å². The number of anilines is 1. The average molecular weight is 413 g/mol. The van der Waals surface area contributed by atoms with Crippen molar-refractivity contribution in [1.82, 2.24) is 25.1 Å². The highest BCUT2D eigenvalue weighted by molar-refractivity contribution is 7.12. The molecule has 0 unspecified atom stereocenters. The number of rotatable bonds is 7. The second-order valence-corrected chi connectivity index (χ2v) is 8.46. The Balaban J connectivity index is 1.60. The number of carbonyl (C=O) groups is 2. The highest BCUT2D eigenvalue weighted by Crippen LogP contribution is 2.25. The summed E-state index contributed by atoms with van der Waals surface area (Å²) in [7, 11) is 0. The SMILES string of the molecule is CC(C)(C)c1cc(NC(=O)CCCNC(=O)c2cccs2)n(-c2ncccn2)n1. The third-order valence-electron chi connectivity index (χ3n) is 4.10. The molecule has 0 aromatic carbocycles. The quantitative estimate of drug-likeness (QED) is 0.581. The molecule has 2 amide bonds. The van der Waals surface area contributed by atoms with Crippen molar-refractivity contribution in [3.8, 4) is 5.95 Å². The lowest BCUT2D eigenvalue weighted by atomic mass is 9.92. The maximum Gasteiger partial charge on any atom is 0.261 e. The van der Waals surface area contributed by atoms with Gasteiger partial charge in [0.25, 0.3) is 11.9 Å². The highest BCUT2D eigenvalue weighted by atomic mass is 32.1. The van der Waals surface area contributed by atoms with Crippen LogP contribution >= 0.6 is 11.3 Å². The highest BCUT2D eigenvalue weighted by Gasteiger charge is 2.22. The Morgan fingerprint density at radius 2 is 1.93 bits per heavy atom. The number of nitrogens with one attached hydrogen (secondary N) is 2. The van der Waals surface area contributed by atoms with Gasteiger partial charge in [-0.1, -0.05) is 26.8 Å². The molecule has 0 aliphatic carbocycles. The molecule has 2 N–H and O–H groups in total. The van der Waals surface area contributed by atoms with Crippen molar-refractivity contribution in [2.45, 2.75) is 39.0 Å². The molecule has 0 fully saturated rings. The van der Waals surface area contributed by atoms with Crippen molar-refractivity contribution in [3.63, 3.8) is 0 Å². The van der Waals surface area contributed by atoms with E-state index in [0.717, 1.165) is 5.69 Å². The van der Waals surface area contributed by atoms with E-state index < -0.39 is 0 Å². The first kappa shape index (κ1) is 20.7. The van der Waals surface area contributed by atoms with Crippen LogP contribution in [0.15, 0.2) is 42.0 Å². The van der Waals surface area contributed by atoms with Gasteiger partial charge in [-0.15, -0.1) is 11.3 Å². The topological polar surface area (TPSA) is 102 Å². The van der Waals surface area contributed by atoms with Gasteiger partial charge in [0, 0.05) is 36.8 Å². The van der Waals surface area contributed by atoms with Crippen molar-refractivity contribution >= 4 is 29.0 Å². The summed E-state index contributed by atoms with van der Waals surface area (Å²) in [5.74, 6) is 0.637. The van der Waals surface area contributed by atoms with Gasteiger partial charge in [0.15, 0.2) is 0 Å². The van der Waals surface area contributed by atoms with E-state index >= 15 is 0 Å². The number of amides is 2. The molecule has 0 atom stereocenters. The summed E-state index contributed by atoms with van der Waals surface area (Å²) in [4.78, 5) is 33.4. The van der Waals surface area contributed by atoms with E-state index in [-0.39, 0.29) is 23.7 Å². The van der Waals surface area contributed by atoms with Gasteiger partial charge in [0.05, 0.1) is 10.6 Å². The Bertz CT molecular complexity index is 961. The van der Waals surface area contributed by atoms with E-state index in [1.165, 1.54) is 16.0 Å². The number of nitrogens with zero attached hydrogens (tertiary/aromatic N) is 4. The van der Waals surface area contributed by atoms with Crippen LogP contribution in [0, 0.1) is 0 Å². The predicted molar refractivity (Wildman–Crippen MR) is 112 cm³/mol. The standard InChI is InChI=1S/C20H24N6O2S/c1-20(2,3)15-13-16(26(25-15)19-22-10-6-11-23-19)24-17(27)8-4-9-21-18(28)14-7-5-12-29-14/h5-7,10-13H,4,8-9H2,1-3H3,(H,21,28)(H,24,27). The number of hydrogen-bond donors (Lipinski definition) is 2. The van der Waals surface area contributed by atoms with E-state index in [9.17, 15) is 9.59 Å². The molecule has 0 spiro atoms. The normalized spacial score (nSPS) is 11.3. The fourth-order valence-electron chi connectivity index (χ4n) is 2.54. The maximum atomic E-state index is 12.4. The molecule has 3 heterocycles. The zero-order valence-corrected chi connectivity index (χ0v) is 17.5. The molecule has 9 heteroatoms. The summed E-state index contributed by atoms with van der Waals surface area (Å²) >= 11 is 1.39. The minimum Gasteiger partial charge on any atom is -0.351 e. The number of hydrogen-bond acceptors (Lipinski definition) is 6. The largest absolute Gasteiger partial charge is 0.351 e. The van der Waals surface area contributed by atoms with Crippen LogP contribution < -0.4 is 10.6 Å². The molecule has 0 aliphatic rings. The van der Waals surface area contributed by atoms with E-state index in [0.29, 0.717) is 29.6 Å². The van der Waals surface area contributed by atoms with Crippen LogP contribution in [0.1, 0.15) is 49.0 Å². The Hall–Kier alpha value is -3.07. The van der Waals surface area contributed by atoms with Gasteiger partial charge < -0.3 is 10.6 Å². The van der Waals surface area contributed by atoms with Crippen LogP contribution in [-0.2, 0) is 10.2 Å². The number of carbonyl (C=O) groups excluding carboxylic acids is 2. The first-order chi connectivity index (χ1) is 13.8. The molecule has 3 rings (SSSR count). The van der Waals surface area contributed by atoms with Gasteiger partial charge in [-0.3, -0.25) is 9.59 Å². The monoisotopic (exact) mass is 412 g/mol. The van der Waals surface area contributed by atoms with Crippen LogP contribution in [-0.4, -0.2) is 38.1 Å². The van der Waals surface area contributed by atoms with Gasteiger partial charge in [-0.25, -0.2) is 9.97 Å². The van der Waals surface area contributed by atoms with Crippen LogP contribution in [0.3, 0.4) is 0 Å². The Morgan fingerprint density at radius 3 is 2.59 bits per heavy atom. The van der Waals surface area contributed by atoms with Crippen molar-refractivity contribution < 1.29 is 9.59 Å². The Labute approximate surface area is 173 Å². The van der Waals surface area contributed by atoms with Crippen molar-refractivity contribution in [1.29, 1.82) is 0 Å². The van der Waals surface area contributed by atoms with Crippen LogP contribution in [0.2, 0.25) is 0 Å². The van der Waals surface area contributed by atoms with Crippen molar-refractivity contribution in [3.05, 3.63) is 52.6 Å². The fraction of sp³-hybridized carbons (Fsp3) is 0.350. The van der Waals surface area contributed by atoms with Crippen molar-refractivity contribution in [2.75, 3.05) is 11.9 Å². The van der Waals surface area contributed by atoms with Gasteiger partial charge in [-0.2, -0.15) is 9.78 Å². The molecule has 8 nitrogen and oxygen atoms in total. The molecule has 3 aromatic heterocycles. The van der Waals surface area contributed by atoms with Gasteiger partial charge in [-0.05, 0) is 23.9 Å². The summed E-state index contributed by atoms with van der Waals surface area (Å²) in [6.07, 6.45) is 4.06. The van der Waals surface area contributed by atoms with Crippen LogP contribution in [0.4, 0.5) is 5.82 Å². The molecule has 0 radical (unpaired) electrons. The van der Waals surface area contributed by atoms with Gasteiger partial charge in [0.2, 0.25) is 5.91 Å². The molecule has 3 aromatic rings. The molecule has 29 heavy (non-hydrogen) atoms. The smallest absolute Gasteiger partial charge is 0.261 e. The second-order valence-electron chi connectivity index (χ2n) is 7.51. The summed E-state index contributed by atoms with van der Waals surface area (Å²) in [5, 5.41) is 12.1. The molecule has 0 saturated carbocycles. The Morgan fingerprint density at radius 1 is 1.17 bits per heavy atom. The van der Waals surface area contributed by atoms with E-state index in [1.54, 1.807) is 24.5 Å². The summed E-state index contributed by atoms with van der Waals surface area (Å²) < 4.78 is 1.54. The minimum absolute atomic E-state index is 0.116. The molecule has 0 saturated heterocycles. The number of aromatic nitrogens is 4.